The first-order valence-corrected chi connectivity index (χ1v) is 6.84. The summed E-state index contributed by atoms with van der Waals surface area (Å²) in [5.41, 5.74) is 10.8. The van der Waals surface area contributed by atoms with Crippen molar-refractivity contribution < 1.29 is 4.74 Å². The van der Waals surface area contributed by atoms with Gasteiger partial charge in [-0.05, 0) is 27.7 Å². The fourth-order valence-corrected chi connectivity index (χ4v) is 0.603. The Labute approximate surface area is 124 Å². The molecule has 0 aliphatic rings. The van der Waals surface area contributed by atoms with Crippen molar-refractivity contribution in [3.05, 3.63) is 0 Å². The number of hydrogen-bond acceptors (Lipinski definition) is 3. The van der Waals surface area contributed by atoms with Crippen LogP contribution in [0.3, 0.4) is 0 Å². The largest absolute Gasteiger partial charge is 0.376 e. The maximum Gasteiger partial charge on any atom is 0.131 e. The number of hydrogen-bond donors (Lipinski definition) is 2. The molecule has 0 radical (unpaired) electrons. The SMILES string of the molecule is CC(C)(N)C(C)(C)N.ClC(Cl)COCC(Cl)Cl. The van der Waals surface area contributed by atoms with Gasteiger partial charge in [0.05, 0.1) is 13.2 Å². The van der Waals surface area contributed by atoms with Crippen LogP contribution in [0.2, 0.25) is 0 Å². The zero-order valence-electron chi connectivity index (χ0n) is 10.6. The fourth-order valence-electron chi connectivity index (χ4n) is 0.246. The van der Waals surface area contributed by atoms with Crippen LogP contribution in [0.25, 0.3) is 0 Å². The van der Waals surface area contributed by atoms with E-state index in [1.807, 2.05) is 27.7 Å². The number of nitrogens with two attached hydrogens (primary N) is 2. The molecule has 0 unspecified atom stereocenters. The van der Waals surface area contributed by atoms with Gasteiger partial charge in [0, 0.05) is 11.1 Å². The van der Waals surface area contributed by atoms with Crippen LogP contribution in [0.5, 0.6) is 0 Å². The van der Waals surface area contributed by atoms with E-state index in [4.69, 9.17) is 62.6 Å². The van der Waals surface area contributed by atoms with Crippen molar-refractivity contribution in [1.29, 1.82) is 0 Å². The summed E-state index contributed by atoms with van der Waals surface area (Å²) in [7, 11) is 0. The second kappa shape index (κ2) is 9.03. The molecule has 7 heteroatoms. The summed E-state index contributed by atoms with van der Waals surface area (Å²) in [5, 5.41) is 0. The molecule has 0 aliphatic heterocycles. The third kappa shape index (κ3) is 15.0. The van der Waals surface area contributed by atoms with Crippen molar-refractivity contribution in [2.75, 3.05) is 13.2 Å². The minimum atomic E-state index is -0.503. The summed E-state index contributed by atoms with van der Waals surface area (Å²) in [6, 6.07) is 0. The molecule has 0 rings (SSSR count). The average molecular weight is 328 g/mol. The number of alkyl halides is 4. The van der Waals surface area contributed by atoms with Crippen molar-refractivity contribution in [2.45, 2.75) is 48.4 Å². The Morgan fingerprint density at radius 3 is 1.18 bits per heavy atom. The molecule has 0 heterocycles. The standard InChI is InChI=1S/C6H16N2.C4H6Cl4O/c1-5(2,7)6(3,4)8;5-3(6)1-9-2-4(7)8/h7-8H2,1-4H3;3-4H,1-2H2. The van der Waals surface area contributed by atoms with Gasteiger partial charge in [-0.2, -0.15) is 0 Å². The molecule has 0 fully saturated rings. The van der Waals surface area contributed by atoms with Gasteiger partial charge in [-0.1, -0.05) is 0 Å². The number of halogens is 4. The zero-order valence-corrected chi connectivity index (χ0v) is 13.7. The third-order valence-corrected chi connectivity index (χ3v) is 2.65. The quantitative estimate of drug-likeness (QED) is 0.763. The lowest BCUT2D eigenvalue weighted by molar-refractivity contribution is 0.155. The molecule has 0 spiro atoms. The van der Waals surface area contributed by atoms with Gasteiger partial charge in [-0.15, -0.1) is 46.4 Å². The highest BCUT2D eigenvalue weighted by atomic mass is 35.5. The minimum absolute atomic E-state index is 0.263. The van der Waals surface area contributed by atoms with E-state index >= 15 is 0 Å². The van der Waals surface area contributed by atoms with Gasteiger partial charge < -0.3 is 16.2 Å². The van der Waals surface area contributed by atoms with E-state index in [1.54, 1.807) is 0 Å². The van der Waals surface area contributed by atoms with E-state index in [1.165, 1.54) is 0 Å². The monoisotopic (exact) mass is 326 g/mol. The molecule has 3 nitrogen and oxygen atoms in total. The molecule has 0 aliphatic carbocycles. The van der Waals surface area contributed by atoms with Crippen molar-refractivity contribution in [3.63, 3.8) is 0 Å². The second-order valence-corrected chi connectivity index (χ2v) is 7.32. The molecule has 0 saturated carbocycles. The Balaban J connectivity index is 0. The summed E-state index contributed by atoms with van der Waals surface area (Å²) >= 11 is 21.3. The lowest BCUT2D eigenvalue weighted by Gasteiger charge is -2.34. The van der Waals surface area contributed by atoms with Gasteiger partial charge in [-0.3, -0.25) is 0 Å². The molecule has 0 aromatic carbocycles. The van der Waals surface area contributed by atoms with Crippen LogP contribution in [0.15, 0.2) is 0 Å². The van der Waals surface area contributed by atoms with Crippen LogP contribution in [0.4, 0.5) is 0 Å². The maximum absolute atomic E-state index is 5.69. The number of ether oxygens (including phenoxy) is 1. The molecule has 0 aromatic heterocycles. The predicted octanol–water partition coefficient (Wildman–Crippen LogP) is 3.07. The van der Waals surface area contributed by atoms with E-state index in [2.05, 4.69) is 0 Å². The summed E-state index contributed by atoms with van der Waals surface area (Å²) in [6.45, 7) is 8.22. The van der Waals surface area contributed by atoms with E-state index in [-0.39, 0.29) is 24.3 Å². The first-order valence-electron chi connectivity index (χ1n) is 5.09. The first kappa shape index (κ1) is 20.4. The Bertz CT molecular complexity index is 168. The Morgan fingerprint density at radius 2 is 1.06 bits per heavy atom. The third-order valence-electron chi connectivity index (χ3n) is 2.15. The van der Waals surface area contributed by atoms with Crippen molar-refractivity contribution in [1.82, 2.24) is 0 Å². The predicted molar refractivity (Wildman–Crippen MR) is 78.3 cm³/mol. The van der Waals surface area contributed by atoms with Crippen molar-refractivity contribution in [2.24, 2.45) is 11.5 Å². The molecular weight excluding hydrogens is 306 g/mol. The van der Waals surface area contributed by atoms with Crippen LogP contribution in [0, 0.1) is 0 Å². The van der Waals surface area contributed by atoms with E-state index in [0.717, 1.165) is 0 Å². The summed E-state index contributed by atoms with van der Waals surface area (Å²) < 4.78 is 4.83. The van der Waals surface area contributed by atoms with E-state index < -0.39 is 9.67 Å². The van der Waals surface area contributed by atoms with Crippen LogP contribution in [0.1, 0.15) is 27.7 Å². The summed E-state index contributed by atoms with van der Waals surface area (Å²) in [5.74, 6) is 0. The Morgan fingerprint density at radius 1 is 0.824 bits per heavy atom. The molecular formula is C10H22Cl4N2O. The first-order chi connectivity index (χ1) is 7.38. The lowest BCUT2D eigenvalue weighted by Crippen LogP contribution is -2.58. The molecule has 0 atom stereocenters. The van der Waals surface area contributed by atoms with Gasteiger partial charge >= 0.3 is 0 Å². The van der Waals surface area contributed by atoms with Crippen molar-refractivity contribution in [3.8, 4) is 0 Å². The molecule has 0 bridgehead atoms. The second-order valence-electron chi connectivity index (χ2n) is 4.76. The van der Waals surface area contributed by atoms with Gasteiger partial charge in [0.2, 0.25) is 0 Å². The zero-order chi connectivity index (χ0) is 14.3. The molecule has 0 amide bonds. The summed E-state index contributed by atoms with van der Waals surface area (Å²) in [6.07, 6.45) is 0. The highest BCUT2D eigenvalue weighted by Gasteiger charge is 2.28. The topological polar surface area (TPSA) is 61.3 Å². The van der Waals surface area contributed by atoms with Crippen LogP contribution in [-0.2, 0) is 4.74 Å². The van der Waals surface area contributed by atoms with E-state index in [9.17, 15) is 0 Å². The van der Waals surface area contributed by atoms with Gasteiger partial charge in [-0.25, -0.2) is 0 Å². The molecule has 4 N–H and O–H groups in total. The van der Waals surface area contributed by atoms with Gasteiger partial charge in [0.25, 0.3) is 0 Å². The van der Waals surface area contributed by atoms with Crippen LogP contribution >= 0.6 is 46.4 Å². The maximum atomic E-state index is 5.69. The molecule has 0 aromatic rings. The Kier molecular flexibility index (Phi) is 10.8. The van der Waals surface area contributed by atoms with Crippen LogP contribution in [-0.4, -0.2) is 34.0 Å². The highest BCUT2D eigenvalue weighted by molar-refractivity contribution is 6.44. The summed E-state index contributed by atoms with van der Waals surface area (Å²) in [4.78, 5) is -1.01. The average Bonchev–Trinajstić information content (AvgIpc) is 1.99. The molecule has 0 saturated heterocycles. The highest BCUT2D eigenvalue weighted by Crippen LogP contribution is 2.13. The van der Waals surface area contributed by atoms with Crippen molar-refractivity contribution >= 4 is 46.4 Å². The molecule has 17 heavy (non-hydrogen) atoms. The Hall–Kier alpha value is 1.04. The smallest absolute Gasteiger partial charge is 0.131 e. The lowest BCUT2D eigenvalue weighted by atomic mass is 9.85. The fraction of sp³-hybridized carbons (Fsp3) is 1.00. The normalized spacial score (nSPS) is 12.7. The van der Waals surface area contributed by atoms with E-state index in [0.29, 0.717) is 0 Å². The number of rotatable bonds is 5. The molecule has 106 valence electrons. The van der Waals surface area contributed by atoms with Gasteiger partial charge in [0.1, 0.15) is 9.67 Å². The van der Waals surface area contributed by atoms with Gasteiger partial charge in [0.15, 0.2) is 0 Å². The minimum Gasteiger partial charge on any atom is -0.376 e. The van der Waals surface area contributed by atoms with Crippen LogP contribution < -0.4 is 11.5 Å².